The molecule has 0 fully saturated rings. The molecule has 79 heavy (non-hydrogen) atoms. The second-order valence-electron chi connectivity index (χ2n) is 27.4. The highest BCUT2D eigenvalue weighted by molar-refractivity contribution is 7.24. The van der Waals surface area contributed by atoms with Gasteiger partial charge in [0.25, 0.3) is 6.71 Å². The van der Waals surface area contributed by atoms with Gasteiger partial charge in [0.05, 0.1) is 27.6 Å². The number of hydrogen-bond donors (Lipinski definition) is 0. The van der Waals surface area contributed by atoms with E-state index in [0.29, 0.717) is 23.7 Å². The van der Waals surface area contributed by atoms with Crippen LogP contribution in [0.1, 0.15) is 153 Å². The molecule has 0 atom stereocenters. The van der Waals surface area contributed by atoms with Crippen LogP contribution >= 0.6 is 0 Å². The SMILES string of the molecule is CC(C)c1ccc2c(c1)[Si]1(c3cc(C(C)C)ccc3-2)c2ccc3c4c2-n2c5c(cc(C(C)C)cc5c5cc(C(C)C)cc1c52)B4c1cc2c(c4ccccc4n2-c2ccc4c(c2)C(C)(C)CCC4(C)C)c2c4ccccc4n-3c12. The smallest absolute Gasteiger partial charge is 0.252 e. The molecule has 3 nitrogen and oxygen atoms in total. The molecule has 0 radical (unpaired) electrons. The Morgan fingerprint density at radius 2 is 0.975 bits per heavy atom. The van der Waals surface area contributed by atoms with Crippen molar-refractivity contribution in [2.24, 2.45) is 0 Å². The van der Waals surface area contributed by atoms with E-state index >= 15 is 0 Å². The first-order valence-corrected chi connectivity index (χ1v) is 31.8. The molecule has 3 aromatic heterocycles. The van der Waals surface area contributed by atoms with E-state index in [-0.39, 0.29) is 17.5 Å². The summed E-state index contributed by atoms with van der Waals surface area (Å²) in [6.45, 7) is 29.0. The highest BCUT2D eigenvalue weighted by Gasteiger charge is 2.57. The van der Waals surface area contributed by atoms with Crippen LogP contribution < -0.4 is 37.1 Å². The first-order chi connectivity index (χ1) is 38.0. The van der Waals surface area contributed by atoms with Gasteiger partial charge in [-0.3, -0.25) is 0 Å². The molecule has 386 valence electrons. The fourth-order valence-electron chi connectivity index (χ4n) is 16.8. The van der Waals surface area contributed by atoms with Crippen molar-refractivity contribution in [3.8, 4) is 28.2 Å². The van der Waals surface area contributed by atoms with Crippen LogP contribution in [0.5, 0.6) is 0 Å². The molecule has 0 saturated heterocycles. The Morgan fingerprint density at radius 1 is 0.418 bits per heavy atom. The fourth-order valence-corrected chi connectivity index (χ4v) is 22.4. The Labute approximate surface area is 466 Å². The minimum absolute atomic E-state index is 0.0112. The molecule has 17 rings (SSSR count). The van der Waals surface area contributed by atoms with Gasteiger partial charge in [0.1, 0.15) is 0 Å². The standard InChI is InChI=1S/C74H68BN3Si/c1-39(2)43-21-24-48-49-25-22-44(40(3)4)35-64(49)79(63(48)34-43)62-28-27-60-68-72(62)78-69-52(53-32-46(42(7)8)36-65(79)70(53)78)31-45(41(5)6)33-56(69)75(68)57-38-61-66(67-51-18-14-16-20-59(51)77(60)71(57)67)50-17-13-15-19-58(50)76(61)47-23-26-54-55(37-47)74(11,12)30-29-73(54,9)10/h13-28,31-42H,29-30H2,1-12H3. The molecule has 4 aliphatic heterocycles. The topological polar surface area (TPSA) is 14.8 Å². The molecule has 1 spiro atoms. The van der Waals surface area contributed by atoms with E-state index in [1.807, 2.05) is 0 Å². The van der Waals surface area contributed by atoms with Crippen LogP contribution in [0.25, 0.3) is 93.6 Å². The van der Waals surface area contributed by atoms with Gasteiger partial charge in [0.15, 0.2) is 8.07 Å². The molecular formula is C74H68BN3Si. The summed E-state index contributed by atoms with van der Waals surface area (Å²) in [5.41, 5.74) is 28.2. The van der Waals surface area contributed by atoms with E-state index in [0.717, 1.165) is 0 Å². The van der Waals surface area contributed by atoms with Crippen LogP contribution in [0.4, 0.5) is 0 Å². The second-order valence-corrected chi connectivity index (χ2v) is 31.1. The Kier molecular flexibility index (Phi) is 8.90. The van der Waals surface area contributed by atoms with Crippen LogP contribution in [0.2, 0.25) is 0 Å². The molecule has 0 bridgehead atoms. The average molecular weight is 1040 g/mol. The first kappa shape index (κ1) is 46.6. The maximum Gasteiger partial charge on any atom is 0.252 e. The van der Waals surface area contributed by atoms with Gasteiger partial charge in [-0.1, -0.05) is 180 Å². The normalized spacial score (nSPS) is 16.5. The highest BCUT2D eigenvalue weighted by Crippen LogP contribution is 2.50. The third-order valence-electron chi connectivity index (χ3n) is 21.0. The van der Waals surface area contributed by atoms with Crippen LogP contribution in [0.15, 0.2) is 146 Å². The number of hydrogen-bond acceptors (Lipinski definition) is 0. The van der Waals surface area contributed by atoms with Gasteiger partial charge in [-0.2, -0.15) is 0 Å². The minimum atomic E-state index is -3.09. The summed E-state index contributed by atoms with van der Waals surface area (Å²) in [7, 11) is -3.09. The van der Waals surface area contributed by atoms with Crippen LogP contribution in [-0.2, 0) is 10.8 Å². The van der Waals surface area contributed by atoms with E-state index in [2.05, 4.69) is 242 Å². The van der Waals surface area contributed by atoms with Crippen molar-refractivity contribution >= 4 is 117 Å². The monoisotopic (exact) mass is 1040 g/mol. The lowest BCUT2D eigenvalue weighted by atomic mass is 9.34. The van der Waals surface area contributed by atoms with Crippen molar-refractivity contribution in [3.05, 3.63) is 179 Å². The predicted octanol–water partition coefficient (Wildman–Crippen LogP) is 14.6. The van der Waals surface area contributed by atoms with Crippen molar-refractivity contribution in [1.82, 2.24) is 13.7 Å². The number of benzene rings is 9. The van der Waals surface area contributed by atoms with Gasteiger partial charge in [-0.15, -0.1) is 0 Å². The van der Waals surface area contributed by atoms with Crippen molar-refractivity contribution in [2.45, 2.75) is 130 Å². The summed E-state index contributed by atoms with van der Waals surface area (Å²) in [5.74, 6) is 1.51. The molecule has 5 heteroatoms. The molecule has 12 aromatic rings. The quantitative estimate of drug-likeness (QED) is 0.153. The number of rotatable bonds is 5. The van der Waals surface area contributed by atoms with Crippen molar-refractivity contribution in [2.75, 3.05) is 0 Å². The molecule has 9 aromatic carbocycles. The Hall–Kier alpha value is -7.34. The fraction of sp³-hybridized carbons (Fsp3) is 0.270. The summed E-state index contributed by atoms with van der Waals surface area (Å²) >= 11 is 0. The van der Waals surface area contributed by atoms with E-state index in [1.165, 1.54) is 156 Å². The minimum Gasteiger partial charge on any atom is -0.310 e. The first-order valence-electron chi connectivity index (χ1n) is 29.8. The molecule has 0 N–H and O–H groups in total. The van der Waals surface area contributed by atoms with Crippen molar-refractivity contribution in [1.29, 1.82) is 0 Å². The van der Waals surface area contributed by atoms with Gasteiger partial charge in [0.2, 0.25) is 0 Å². The number of para-hydroxylation sites is 2. The van der Waals surface area contributed by atoms with Gasteiger partial charge in [-0.25, -0.2) is 0 Å². The molecule has 5 aliphatic rings. The molecule has 0 amide bonds. The van der Waals surface area contributed by atoms with Gasteiger partial charge in [-0.05, 0) is 178 Å². The Bertz CT molecular complexity index is 4750. The van der Waals surface area contributed by atoms with E-state index < -0.39 is 8.07 Å². The lowest BCUT2D eigenvalue weighted by Gasteiger charge is -2.43. The van der Waals surface area contributed by atoms with Gasteiger partial charge < -0.3 is 13.7 Å². The molecule has 0 unspecified atom stereocenters. The maximum atomic E-state index is 2.85. The molecule has 1 aliphatic carbocycles. The summed E-state index contributed by atoms with van der Waals surface area (Å²) in [5, 5.41) is 14.5. The predicted molar refractivity (Wildman–Crippen MR) is 342 cm³/mol. The maximum absolute atomic E-state index is 3.09. The number of aromatic nitrogens is 3. The van der Waals surface area contributed by atoms with Crippen LogP contribution in [0.3, 0.4) is 0 Å². The van der Waals surface area contributed by atoms with Crippen LogP contribution in [-0.4, -0.2) is 28.5 Å². The Balaban J connectivity index is 1.09. The summed E-state index contributed by atoms with van der Waals surface area (Å²) in [6.07, 6.45) is 2.38. The summed E-state index contributed by atoms with van der Waals surface area (Å²) < 4.78 is 8.24. The number of fused-ring (bicyclic) bond motifs is 19. The van der Waals surface area contributed by atoms with Crippen molar-refractivity contribution < 1.29 is 0 Å². The zero-order valence-corrected chi connectivity index (χ0v) is 49.0. The zero-order valence-electron chi connectivity index (χ0n) is 48.0. The van der Waals surface area contributed by atoms with Crippen LogP contribution in [0, 0.1) is 0 Å². The van der Waals surface area contributed by atoms with Gasteiger partial charge >= 0.3 is 0 Å². The van der Waals surface area contributed by atoms with E-state index in [9.17, 15) is 0 Å². The highest BCUT2D eigenvalue weighted by atomic mass is 28.3. The van der Waals surface area contributed by atoms with E-state index in [4.69, 9.17) is 0 Å². The molecular weight excluding hydrogens is 970 g/mol. The lowest BCUT2D eigenvalue weighted by Crippen LogP contribution is -2.77. The Morgan fingerprint density at radius 3 is 1.62 bits per heavy atom. The molecule has 7 heterocycles. The second kappa shape index (κ2) is 15.1. The zero-order chi connectivity index (χ0) is 53.8. The third-order valence-corrected chi connectivity index (χ3v) is 25.8. The van der Waals surface area contributed by atoms with E-state index in [1.54, 1.807) is 20.7 Å². The number of nitrogens with zero attached hydrogens (tertiary/aromatic N) is 3. The largest absolute Gasteiger partial charge is 0.310 e. The van der Waals surface area contributed by atoms with Gasteiger partial charge in [0, 0.05) is 54.9 Å². The molecule has 0 saturated carbocycles. The third kappa shape index (κ3) is 5.52. The van der Waals surface area contributed by atoms with Crippen molar-refractivity contribution in [3.63, 3.8) is 0 Å². The summed E-state index contributed by atoms with van der Waals surface area (Å²) in [4.78, 5) is 0. The average Bonchev–Trinajstić information content (AvgIpc) is 1.77. The lowest BCUT2D eigenvalue weighted by molar-refractivity contribution is 0.332. The summed E-state index contributed by atoms with van der Waals surface area (Å²) in [6, 6.07) is 60.1.